The molecule has 2 aliphatic heterocycles. The van der Waals surface area contributed by atoms with Crippen LogP contribution in [-0.4, -0.2) is 34.8 Å². The molecule has 0 aliphatic carbocycles. The number of rotatable bonds is 3. The van der Waals surface area contributed by atoms with E-state index >= 15 is 0 Å². The molecule has 2 saturated heterocycles. The molecule has 1 spiro atoms. The minimum Gasteiger partial charge on any atom is -0.490 e. The lowest BCUT2D eigenvalue weighted by molar-refractivity contribution is -0.0959. The highest BCUT2D eigenvalue weighted by molar-refractivity contribution is 7.99. The number of hydrogen-bond donors (Lipinski definition) is 1. The second-order valence-corrected chi connectivity index (χ2v) is 7.46. The smallest absolute Gasteiger partial charge is 0.123 e. The minimum atomic E-state index is 0.0439. The second-order valence-electron chi connectivity index (χ2n) is 5.91. The van der Waals surface area contributed by atoms with Gasteiger partial charge in [0.25, 0.3) is 0 Å². The Labute approximate surface area is 135 Å². The number of hydrogen-bond acceptors (Lipinski definition) is 4. The molecule has 1 aromatic rings. The molecule has 3 nitrogen and oxygen atoms in total. The molecule has 2 unspecified atom stereocenters. The summed E-state index contributed by atoms with van der Waals surface area (Å²) < 4.78 is 12.3. The molecule has 5 heteroatoms. The van der Waals surface area contributed by atoms with Gasteiger partial charge in [-0.1, -0.05) is 24.4 Å². The van der Waals surface area contributed by atoms with E-state index in [1.165, 1.54) is 5.75 Å². The van der Waals surface area contributed by atoms with Crippen LogP contribution < -0.4 is 10.5 Å². The first-order valence-corrected chi connectivity index (χ1v) is 8.93. The van der Waals surface area contributed by atoms with Crippen molar-refractivity contribution in [2.75, 3.05) is 18.1 Å². The molecule has 0 radical (unpaired) electrons. The van der Waals surface area contributed by atoms with Gasteiger partial charge in [-0.05, 0) is 30.7 Å². The van der Waals surface area contributed by atoms with Crippen LogP contribution >= 0.6 is 24.0 Å². The standard InChI is InChI=1S/C16H21NO2S2/c1-11-2-3-12(15(17)20)8-14(11)19-13-4-6-18-16(9-13)5-7-21-10-16/h2-3,8,13H,4-7,9-10H2,1H3,(H2,17,20). The fourth-order valence-corrected chi connectivity index (χ4v) is 4.51. The highest BCUT2D eigenvalue weighted by Gasteiger charge is 2.41. The largest absolute Gasteiger partial charge is 0.490 e. The van der Waals surface area contributed by atoms with Gasteiger partial charge in [-0.2, -0.15) is 11.8 Å². The summed E-state index contributed by atoms with van der Waals surface area (Å²) in [5, 5.41) is 0. The van der Waals surface area contributed by atoms with Crippen molar-refractivity contribution < 1.29 is 9.47 Å². The molecule has 2 N–H and O–H groups in total. The van der Waals surface area contributed by atoms with Crippen molar-refractivity contribution in [1.82, 2.24) is 0 Å². The normalized spacial score (nSPS) is 28.7. The zero-order chi connectivity index (χ0) is 14.9. The van der Waals surface area contributed by atoms with Crippen molar-refractivity contribution in [2.24, 2.45) is 5.73 Å². The number of thiocarbonyl (C=S) groups is 1. The fourth-order valence-electron chi connectivity index (χ4n) is 3.01. The summed E-state index contributed by atoms with van der Waals surface area (Å²) in [5.41, 5.74) is 7.74. The quantitative estimate of drug-likeness (QED) is 0.866. The van der Waals surface area contributed by atoms with Gasteiger partial charge in [0.15, 0.2) is 0 Å². The molecular weight excluding hydrogens is 302 g/mol. The van der Waals surface area contributed by atoms with Crippen molar-refractivity contribution in [1.29, 1.82) is 0 Å². The van der Waals surface area contributed by atoms with Crippen LogP contribution in [-0.2, 0) is 4.74 Å². The fraction of sp³-hybridized carbons (Fsp3) is 0.562. The number of aryl methyl sites for hydroxylation is 1. The summed E-state index contributed by atoms with van der Waals surface area (Å²) in [6, 6.07) is 5.93. The molecule has 2 fully saturated rings. The minimum absolute atomic E-state index is 0.0439. The summed E-state index contributed by atoms with van der Waals surface area (Å²) in [6.45, 7) is 2.85. The molecular formula is C16H21NO2S2. The summed E-state index contributed by atoms with van der Waals surface area (Å²) in [4.78, 5) is 0.412. The molecule has 114 valence electrons. The zero-order valence-electron chi connectivity index (χ0n) is 12.3. The van der Waals surface area contributed by atoms with Gasteiger partial charge < -0.3 is 15.2 Å². The Balaban J connectivity index is 1.74. The van der Waals surface area contributed by atoms with Crippen LogP contribution in [0.1, 0.15) is 30.4 Å². The van der Waals surface area contributed by atoms with E-state index in [1.807, 2.05) is 30.0 Å². The summed E-state index contributed by atoms with van der Waals surface area (Å²) in [5.74, 6) is 3.19. The monoisotopic (exact) mass is 323 g/mol. The predicted octanol–water partition coefficient (Wildman–Crippen LogP) is 3.06. The maximum Gasteiger partial charge on any atom is 0.123 e. The van der Waals surface area contributed by atoms with Gasteiger partial charge in [0, 0.05) is 24.2 Å². The Kier molecular flexibility index (Phi) is 4.43. The maximum atomic E-state index is 6.26. The van der Waals surface area contributed by atoms with Gasteiger partial charge in [-0.25, -0.2) is 0 Å². The summed E-state index contributed by atoms with van der Waals surface area (Å²) in [7, 11) is 0. The van der Waals surface area contributed by atoms with Gasteiger partial charge in [0.1, 0.15) is 16.8 Å². The lowest BCUT2D eigenvalue weighted by Gasteiger charge is -2.37. The highest BCUT2D eigenvalue weighted by Crippen LogP contribution is 2.39. The molecule has 2 heterocycles. The molecule has 0 amide bonds. The Bertz CT molecular complexity index is 541. The number of thioether (sulfide) groups is 1. The van der Waals surface area contributed by atoms with Crippen LogP contribution in [0.5, 0.6) is 5.75 Å². The van der Waals surface area contributed by atoms with Crippen molar-refractivity contribution in [3.63, 3.8) is 0 Å². The average molecular weight is 323 g/mol. The molecule has 2 atom stereocenters. The topological polar surface area (TPSA) is 44.5 Å². The van der Waals surface area contributed by atoms with Crippen molar-refractivity contribution in [2.45, 2.75) is 37.9 Å². The van der Waals surface area contributed by atoms with Crippen LogP contribution in [0.2, 0.25) is 0 Å². The van der Waals surface area contributed by atoms with Crippen molar-refractivity contribution in [3.8, 4) is 5.75 Å². The SMILES string of the molecule is Cc1ccc(C(N)=S)cc1OC1CCOC2(CCSC2)C1. The van der Waals surface area contributed by atoms with Gasteiger partial charge in [-0.15, -0.1) is 0 Å². The van der Waals surface area contributed by atoms with Crippen LogP contribution in [0.25, 0.3) is 0 Å². The molecule has 2 aliphatic rings. The maximum absolute atomic E-state index is 6.26. The summed E-state index contributed by atoms with van der Waals surface area (Å²) in [6.07, 6.45) is 3.29. The third-order valence-electron chi connectivity index (χ3n) is 4.28. The van der Waals surface area contributed by atoms with E-state index in [2.05, 4.69) is 6.92 Å². The average Bonchev–Trinajstić information content (AvgIpc) is 2.89. The molecule has 0 bridgehead atoms. The number of nitrogens with two attached hydrogens (primary N) is 1. The third kappa shape index (κ3) is 3.35. The van der Waals surface area contributed by atoms with E-state index in [0.717, 1.165) is 48.5 Å². The third-order valence-corrected chi connectivity index (χ3v) is 5.74. The Morgan fingerprint density at radius 3 is 3.10 bits per heavy atom. The van der Waals surface area contributed by atoms with Gasteiger partial charge in [0.2, 0.25) is 0 Å². The van der Waals surface area contributed by atoms with Crippen LogP contribution in [0.4, 0.5) is 0 Å². The first kappa shape index (κ1) is 15.1. The number of benzene rings is 1. The number of ether oxygens (including phenoxy) is 2. The van der Waals surface area contributed by atoms with Gasteiger partial charge in [0.05, 0.1) is 12.2 Å². The van der Waals surface area contributed by atoms with Crippen molar-refractivity contribution in [3.05, 3.63) is 29.3 Å². The second kappa shape index (κ2) is 6.15. The van der Waals surface area contributed by atoms with Crippen LogP contribution in [0.15, 0.2) is 18.2 Å². The molecule has 3 rings (SSSR count). The Hall–Kier alpha value is -0.780. The lowest BCUT2D eigenvalue weighted by atomic mass is 9.91. The van der Waals surface area contributed by atoms with Gasteiger partial charge >= 0.3 is 0 Å². The molecule has 1 aromatic carbocycles. The predicted molar refractivity (Wildman–Crippen MR) is 91.3 cm³/mol. The summed E-state index contributed by atoms with van der Waals surface area (Å²) >= 11 is 7.03. The van der Waals surface area contributed by atoms with E-state index in [0.29, 0.717) is 4.99 Å². The van der Waals surface area contributed by atoms with E-state index in [9.17, 15) is 0 Å². The Morgan fingerprint density at radius 1 is 1.52 bits per heavy atom. The zero-order valence-corrected chi connectivity index (χ0v) is 13.9. The van der Waals surface area contributed by atoms with Gasteiger partial charge in [-0.3, -0.25) is 0 Å². The first-order valence-electron chi connectivity index (χ1n) is 7.37. The molecule has 0 aromatic heterocycles. The van der Waals surface area contributed by atoms with E-state index in [-0.39, 0.29) is 11.7 Å². The van der Waals surface area contributed by atoms with E-state index in [1.54, 1.807) is 0 Å². The first-order chi connectivity index (χ1) is 10.1. The van der Waals surface area contributed by atoms with Crippen LogP contribution in [0, 0.1) is 6.92 Å². The molecule has 0 saturated carbocycles. The molecule has 21 heavy (non-hydrogen) atoms. The highest BCUT2D eigenvalue weighted by atomic mass is 32.2. The van der Waals surface area contributed by atoms with E-state index in [4.69, 9.17) is 27.4 Å². The lowest BCUT2D eigenvalue weighted by Crippen LogP contribution is -2.43. The van der Waals surface area contributed by atoms with E-state index < -0.39 is 0 Å². The van der Waals surface area contributed by atoms with Crippen LogP contribution in [0.3, 0.4) is 0 Å². The Morgan fingerprint density at radius 2 is 2.38 bits per heavy atom. The van der Waals surface area contributed by atoms with Crippen molar-refractivity contribution >= 4 is 29.0 Å².